The molecular weight excluding hydrogens is 1140 g/mol. The van der Waals surface area contributed by atoms with Crippen LogP contribution in [0.5, 0.6) is 5.06 Å². The molecule has 0 atom stereocenters. The van der Waals surface area contributed by atoms with Crippen LogP contribution >= 0.6 is 22.7 Å². The molecule has 25 heteroatoms. The van der Waals surface area contributed by atoms with Crippen LogP contribution in [0.2, 0.25) is 0 Å². The van der Waals surface area contributed by atoms with Crippen molar-refractivity contribution in [2.45, 2.75) is 27.8 Å². The zero-order valence-electron chi connectivity index (χ0n) is 39.0. The normalized spacial score (nSPS) is 11.6. The number of benzene rings is 7. The third-order valence-electron chi connectivity index (χ3n) is 12.2. The van der Waals surface area contributed by atoms with Gasteiger partial charge in [0, 0.05) is 15.8 Å². The largest absolute Gasteiger partial charge is 0.487 e. The smallest absolute Gasteiger partial charge is 0.220 e. The summed E-state index contributed by atoms with van der Waals surface area (Å²) in [6.07, 6.45) is -7.22. The van der Waals surface area contributed by atoms with E-state index in [9.17, 15) is 52.7 Å². The Hall–Kier alpha value is -7.25. The zero-order chi connectivity index (χ0) is 57.1. The van der Waals surface area contributed by atoms with Gasteiger partial charge < -0.3 is 4.74 Å². The number of hydrogen-bond donors (Lipinski definition) is 0. The van der Waals surface area contributed by atoms with Crippen molar-refractivity contribution in [1.82, 2.24) is 0 Å². The van der Waals surface area contributed by atoms with Crippen LogP contribution in [0.4, 0.5) is 87.8 Å². The second kappa shape index (κ2) is 21.9. The molecule has 0 N–H and O–H groups in total. The Labute approximate surface area is 437 Å². The van der Waals surface area contributed by atoms with E-state index in [1.807, 2.05) is 17.4 Å². The maximum atomic E-state index is 15.4. The van der Waals surface area contributed by atoms with Crippen molar-refractivity contribution < 1.29 is 92.5 Å². The van der Waals surface area contributed by atoms with E-state index >= 15 is 35.1 Å². The van der Waals surface area contributed by atoms with Crippen LogP contribution in [-0.4, -0.2) is 13.3 Å². The fourth-order valence-electron chi connectivity index (χ4n) is 8.56. The molecule has 78 heavy (non-hydrogen) atoms. The lowest BCUT2D eigenvalue weighted by molar-refractivity contribution is 0.378. The molecule has 0 aliphatic carbocycles. The van der Waals surface area contributed by atoms with Crippen LogP contribution in [0, 0.1) is 130 Å². The topological polar surface area (TPSA) is 9.23 Å². The Morgan fingerprint density at radius 1 is 0.308 bits per heavy atom. The maximum Gasteiger partial charge on any atom is 0.220 e. The number of methoxy groups -OCH3 is 1. The van der Waals surface area contributed by atoms with E-state index < -0.39 is 144 Å². The molecule has 0 aliphatic heterocycles. The molecule has 7 aromatic carbocycles. The molecular formula is C53H25BF20OS3. The summed E-state index contributed by atoms with van der Waals surface area (Å²) >= 11 is 3.57. The first-order chi connectivity index (χ1) is 36.8. The van der Waals surface area contributed by atoms with Gasteiger partial charge >= 0.3 is 0 Å². The van der Waals surface area contributed by atoms with Crippen molar-refractivity contribution >= 4 is 61.6 Å². The molecule has 1 nitrogen and oxygen atoms in total. The summed E-state index contributed by atoms with van der Waals surface area (Å²) in [5, 5.41) is 0.941. The summed E-state index contributed by atoms with van der Waals surface area (Å²) in [5.41, 5.74) is -9.26. The van der Waals surface area contributed by atoms with Gasteiger partial charge in [-0.2, -0.15) is 0 Å². The molecule has 0 saturated carbocycles. The van der Waals surface area contributed by atoms with Gasteiger partial charge in [-0.05, 0) is 67.4 Å². The minimum Gasteiger partial charge on any atom is -0.487 e. The number of ether oxygens (including phenoxy) is 1. The van der Waals surface area contributed by atoms with Gasteiger partial charge in [-0.1, -0.05) is 82.3 Å². The van der Waals surface area contributed by atoms with Gasteiger partial charge in [-0.25, -0.2) is 87.8 Å². The van der Waals surface area contributed by atoms with Gasteiger partial charge in [0.1, 0.15) is 63.6 Å². The first-order valence-electron chi connectivity index (χ1n) is 21.8. The molecule has 2 aromatic heterocycles. The average Bonchev–Trinajstić information content (AvgIpc) is 2.80. The molecule has 0 saturated heterocycles. The number of rotatable bonds is 10. The van der Waals surface area contributed by atoms with Crippen molar-refractivity contribution in [2.75, 3.05) is 7.11 Å². The third-order valence-corrected chi connectivity index (χ3v) is 17.0. The summed E-state index contributed by atoms with van der Waals surface area (Å²) in [5.74, 6) is -71.4. The van der Waals surface area contributed by atoms with Crippen LogP contribution < -0.4 is 26.6 Å². The Kier molecular flexibility index (Phi) is 16.0. The fraction of sp³-hybridized carbons (Fsp3) is 0.0566. The van der Waals surface area contributed by atoms with Crippen LogP contribution in [0.15, 0.2) is 111 Å². The summed E-state index contributed by atoms with van der Waals surface area (Å²) < 4.78 is 301. The Bertz CT molecular complexity index is 3380. The highest BCUT2D eigenvalue weighted by molar-refractivity contribution is 7.99. The van der Waals surface area contributed by atoms with E-state index in [2.05, 4.69) is 105 Å². The fourth-order valence-corrected chi connectivity index (χ4v) is 13.1. The van der Waals surface area contributed by atoms with E-state index in [-0.39, 0.29) is 10.9 Å². The standard InChI is InChI=1S/C29H25OS3.C24BF20/c1-20-4-12-24(13-5-20)33(25-14-6-21(2)7-15-25)29-19-17-27(32-29)23-10-8-22(9-11-23)26-16-18-28(30-3)31-26;26-5-1(6(27)14(35)21(42)13(5)34)25(2-7(28)15(36)22(43)16(37)8(2)29,3-9(30)17(38)23(44)18(39)10(3)31)4-11(32)19(40)24(45)20(41)12(4)33/h4-19H,1-3H3;/q+1;-1. The Morgan fingerprint density at radius 3 is 0.833 bits per heavy atom. The lowest BCUT2D eigenvalue weighted by atomic mass is 9.12. The Morgan fingerprint density at radius 2 is 0.564 bits per heavy atom. The van der Waals surface area contributed by atoms with E-state index in [0.29, 0.717) is 0 Å². The van der Waals surface area contributed by atoms with E-state index in [4.69, 9.17) is 4.74 Å². The molecule has 0 amide bonds. The highest BCUT2D eigenvalue weighted by Crippen LogP contribution is 2.41. The molecule has 0 radical (unpaired) electrons. The van der Waals surface area contributed by atoms with Crippen LogP contribution in [0.1, 0.15) is 11.1 Å². The van der Waals surface area contributed by atoms with Gasteiger partial charge in [0.2, 0.25) is 4.21 Å². The second-order valence-electron chi connectivity index (χ2n) is 16.8. The molecule has 2 heterocycles. The lowest BCUT2D eigenvalue weighted by Crippen LogP contribution is -2.81. The first-order valence-corrected chi connectivity index (χ1v) is 24.6. The molecule has 0 bridgehead atoms. The predicted molar refractivity (Wildman–Crippen MR) is 253 cm³/mol. The zero-order valence-corrected chi connectivity index (χ0v) is 41.5. The molecule has 9 aromatic rings. The van der Waals surface area contributed by atoms with Crippen LogP contribution in [0.3, 0.4) is 0 Å². The van der Waals surface area contributed by atoms with Crippen LogP contribution in [0.25, 0.3) is 20.9 Å². The quantitative estimate of drug-likeness (QED) is 0.0436. The summed E-state index contributed by atoms with van der Waals surface area (Å²) in [4.78, 5) is 5.25. The van der Waals surface area contributed by atoms with E-state index in [0.717, 1.165) is 5.06 Å². The third kappa shape index (κ3) is 9.45. The molecule has 0 unspecified atom stereocenters. The maximum absolute atomic E-state index is 15.4. The van der Waals surface area contributed by atoms with Crippen molar-refractivity contribution in [3.63, 3.8) is 0 Å². The van der Waals surface area contributed by atoms with Gasteiger partial charge in [0.15, 0.2) is 84.7 Å². The minimum atomic E-state index is -7.22. The highest BCUT2D eigenvalue weighted by Gasteiger charge is 2.52. The summed E-state index contributed by atoms with van der Waals surface area (Å²) in [6, 6.07) is 35.6. The van der Waals surface area contributed by atoms with Gasteiger partial charge in [-0.3, -0.25) is 0 Å². The van der Waals surface area contributed by atoms with Crippen molar-refractivity contribution in [1.29, 1.82) is 0 Å². The average molecular weight is 1160 g/mol. The van der Waals surface area contributed by atoms with E-state index in [1.54, 1.807) is 18.4 Å². The highest BCUT2D eigenvalue weighted by atomic mass is 32.2. The van der Waals surface area contributed by atoms with Gasteiger partial charge in [0.05, 0.1) is 7.11 Å². The monoisotopic (exact) mass is 1160 g/mol. The summed E-state index contributed by atoms with van der Waals surface area (Å²) in [7, 11) is 1.61. The van der Waals surface area contributed by atoms with Gasteiger partial charge in [-0.15, -0.1) is 21.9 Å². The SMILES string of the molecule is COc1ccc(-c2ccc(-c3ccc([S+](c4ccc(C)cc4)c4ccc(C)cc4)s3)cc2)s1.Fc1c(F)c(F)c([B-](c2c(F)c(F)c(F)c(F)c2F)(c2c(F)c(F)c(F)c(F)c2F)c2c(F)c(F)c(F)c(F)c2F)c(F)c1F. The predicted octanol–water partition coefficient (Wildman–Crippen LogP) is 14.7. The number of halogens is 20. The molecule has 404 valence electrons. The molecule has 0 spiro atoms. The number of thiophene rings is 2. The number of hydrogen-bond acceptors (Lipinski definition) is 3. The lowest BCUT2D eigenvalue weighted by Gasteiger charge is -2.44. The second-order valence-corrected chi connectivity index (χ2v) is 21.1. The van der Waals surface area contributed by atoms with Crippen molar-refractivity contribution in [2.24, 2.45) is 0 Å². The van der Waals surface area contributed by atoms with Crippen molar-refractivity contribution in [3.8, 4) is 25.9 Å². The van der Waals surface area contributed by atoms with Gasteiger partial charge in [0.25, 0.3) is 0 Å². The Balaban J connectivity index is 0.000000215. The molecule has 0 aliphatic rings. The van der Waals surface area contributed by atoms with Crippen LogP contribution in [-0.2, 0) is 10.9 Å². The van der Waals surface area contributed by atoms with Crippen molar-refractivity contribution in [3.05, 3.63) is 225 Å². The molecule has 0 fully saturated rings. The molecule has 9 rings (SSSR count). The van der Waals surface area contributed by atoms with E-state index in [1.165, 1.54) is 46.0 Å². The summed E-state index contributed by atoms with van der Waals surface area (Å²) in [6.45, 7) is 4.29. The minimum absolute atomic E-state index is 0.110. The number of aryl methyl sites for hydroxylation is 2. The first kappa shape index (κ1) is 56.9.